The minimum Gasteiger partial charge on any atom is -0.507 e. The Labute approximate surface area is 180 Å². The van der Waals surface area contributed by atoms with E-state index in [9.17, 15) is 19.5 Å². The van der Waals surface area contributed by atoms with Crippen LogP contribution >= 0.6 is 35.6 Å². The Morgan fingerprint density at radius 3 is 2.69 bits per heavy atom. The molecule has 7 nitrogen and oxygen atoms in total. The van der Waals surface area contributed by atoms with E-state index in [-0.39, 0.29) is 22.1 Å². The van der Waals surface area contributed by atoms with Crippen molar-refractivity contribution in [3.05, 3.63) is 63.5 Å². The summed E-state index contributed by atoms with van der Waals surface area (Å²) >= 11 is 12.2. The summed E-state index contributed by atoms with van der Waals surface area (Å²) in [5, 5.41) is 21.6. The molecule has 1 heterocycles. The lowest BCUT2D eigenvalue weighted by Crippen LogP contribution is -2.36. The fraction of sp³-hybridized carbons (Fsp3) is 0.0526. The number of amides is 2. The first kappa shape index (κ1) is 20.8. The zero-order valence-electron chi connectivity index (χ0n) is 14.6. The lowest BCUT2D eigenvalue weighted by molar-refractivity contribution is -0.126. The molecule has 1 aliphatic rings. The first-order chi connectivity index (χ1) is 13.7. The molecule has 0 saturated carbocycles. The molecule has 1 saturated heterocycles. The third-order valence-electron chi connectivity index (χ3n) is 3.83. The SMILES string of the molecule is O=C(CN1C(=O)C(=Cc2cccc(Cl)c2)SC1=S)Nc1ccc(O)c(C(=O)O)c1. The maximum absolute atomic E-state index is 12.6. The van der Waals surface area contributed by atoms with E-state index in [2.05, 4.69) is 5.32 Å². The fourth-order valence-electron chi connectivity index (χ4n) is 2.51. The predicted molar refractivity (Wildman–Crippen MR) is 115 cm³/mol. The van der Waals surface area contributed by atoms with Crippen LogP contribution in [-0.2, 0) is 9.59 Å². The van der Waals surface area contributed by atoms with Crippen molar-refractivity contribution >= 4 is 69.4 Å². The molecule has 2 aromatic carbocycles. The van der Waals surface area contributed by atoms with Crippen LogP contribution in [-0.4, -0.2) is 43.8 Å². The first-order valence-electron chi connectivity index (χ1n) is 8.11. The highest BCUT2D eigenvalue weighted by Crippen LogP contribution is 2.32. The lowest BCUT2D eigenvalue weighted by atomic mass is 10.2. The number of anilines is 1. The van der Waals surface area contributed by atoms with Crippen molar-refractivity contribution in [3.8, 4) is 5.75 Å². The number of rotatable bonds is 5. The monoisotopic (exact) mass is 448 g/mol. The number of hydrogen-bond donors (Lipinski definition) is 3. The molecule has 2 aromatic rings. The summed E-state index contributed by atoms with van der Waals surface area (Å²) in [6.07, 6.45) is 1.64. The van der Waals surface area contributed by atoms with Crippen LogP contribution in [0.15, 0.2) is 47.4 Å². The van der Waals surface area contributed by atoms with Crippen molar-refractivity contribution in [2.75, 3.05) is 11.9 Å². The van der Waals surface area contributed by atoms with Crippen LogP contribution in [0.2, 0.25) is 5.02 Å². The molecule has 1 fully saturated rings. The summed E-state index contributed by atoms with van der Waals surface area (Å²) in [4.78, 5) is 37.5. The molecule has 0 aromatic heterocycles. The Hall–Kier alpha value is -2.88. The average molecular weight is 449 g/mol. The van der Waals surface area contributed by atoms with Gasteiger partial charge >= 0.3 is 5.97 Å². The van der Waals surface area contributed by atoms with E-state index in [1.807, 2.05) is 0 Å². The fourth-order valence-corrected chi connectivity index (χ4v) is 3.97. The number of thioether (sulfide) groups is 1. The third kappa shape index (κ3) is 4.94. The normalized spacial score (nSPS) is 15.1. The Balaban J connectivity index is 1.71. The highest BCUT2D eigenvalue weighted by molar-refractivity contribution is 8.26. The van der Waals surface area contributed by atoms with Gasteiger partial charge in [-0.25, -0.2) is 4.79 Å². The van der Waals surface area contributed by atoms with Gasteiger partial charge in [0.15, 0.2) is 0 Å². The Morgan fingerprint density at radius 2 is 2.00 bits per heavy atom. The Morgan fingerprint density at radius 1 is 1.24 bits per heavy atom. The van der Waals surface area contributed by atoms with Gasteiger partial charge in [0.05, 0.1) is 4.91 Å². The molecule has 29 heavy (non-hydrogen) atoms. The summed E-state index contributed by atoms with van der Waals surface area (Å²) < 4.78 is 0.232. The standard InChI is InChI=1S/C19H13ClN2O5S2/c20-11-3-1-2-10(6-11)7-15-17(25)22(19(28)29-15)9-16(24)21-12-4-5-14(23)13(8-12)18(26)27/h1-8,23H,9H2,(H,21,24)(H,26,27). The molecule has 3 rings (SSSR count). The lowest BCUT2D eigenvalue weighted by Gasteiger charge is -2.14. The summed E-state index contributed by atoms with van der Waals surface area (Å²) in [6.45, 7) is -0.333. The van der Waals surface area contributed by atoms with Crippen LogP contribution in [0.3, 0.4) is 0 Å². The maximum atomic E-state index is 12.6. The zero-order valence-corrected chi connectivity index (χ0v) is 17.0. The van der Waals surface area contributed by atoms with Crippen LogP contribution in [0.4, 0.5) is 5.69 Å². The molecule has 3 N–H and O–H groups in total. The minimum absolute atomic E-state index is 0.171. The topological polar surface area (TPSA) is 107 Å². The number of hydrogen-bond acceptors (Lipinski definition) is 6. The highest BCUT2D eigenvalue weighted by atomic mass is 35.5. The van der Waals surface area contributed by atoms with E-state index in [1.165, 1.54) is 6.07 Å². The second-order valence-corrected chi connectivity index (χ2v) is 8.02. The number of aromatic carboxylic acids is 1. The van der Waals surface area contributed by atoms with Gasteiger partial charge in [0, 0.05) is 10.7 Å². The van der Waals surface area contributed by atoms with E-state index in [4.69, 9.17) is 28.9 Å². The number of carboxylic acids is 1. The van der Waals surface area contributed by atoms with Gasteiger partial charge in [0.1, 0.15) is 22.2 Å². The number of carbonyl (C=O) groups excluding carboxylic acids is 2. The molecule has 0 bridgehead atoms. The largest absolute Gasteiger partial charge is 0.507 e. The zero-order chi connectivity index (χ0) is 21.1. The van der Waals surface area contributed by atoms with E-state index in [0.717, 1.165) is 34.4 Å². The summed E-state index contributed by atoms with van der Waals surface area (Å²) in [7, 11) is 0. The number of thiocarbonyl (C=S) groups is 1. The van der Waals surface area contributed by atoms with E-state index in [1.54, 1.807) is 30.3 Å². The molecule has 148 valence electrons. The van der Waals surface area contributed by atoms with Gasteiger partial charge in [0.25, 0.3) is 5.91 Å². The number of nitrogens with zero attached hydrogens (tertiary/aromatic N) is 1. The van der Waals surface area contributed by atoms with Crippen LogP contribution in [0.25, 0.3) is 6.08 Å². The minimum atomic E-state index is -1.33. The molecule has 10 heteroatoms. The number of carboxylic acid groups (broad SMARTS) is 1. The van der Waals surface area contributed by atoms with Crippen molar-refractivity contribution in [3.63, 3.8) is 0 Å². The van der Waals surface area contributed by atoms with Gasteiger partial charge in [-0.05, 0) is 42.0 Å². The predicted octanol–water partition coefficient (Wildman–Crippen LogP) is 3.58. The molecule has 2 amide bonds. The average Bonchev–Trinajstić information content (AvgIpc) is 2.90. The summed E-state index contributed by atoms with van der Waals surface area (Å²) in [5.41, 5.74) is 0.552. The van der Waals surface area contributed by atoms with Gasteiger partial charge in [-0.15, -0.1) is 0 Å². The van der Waals surface area contributed by atoms with Crippen LogP contribution < -0.4 is 5.32 Å². The van der Waals surface area contributed by atoms with Gasteiger partial charge in [-0.1, -0.05) is 47.7 Å². The number of halogens is 1. The van der Waals surface area contributed by atoms with E-state index in [0.29, 0.717) is 9.93 Å². The smallest absolute Gasteiger partial charge is 0.339 e. The van der Waals surface area contributed by atoms with Gasteiger partial charge in [0.2, 0.25) is 5.91 Å². The molecule has 0 radical (unpaired) electrons. The van der Waals surface area contributed by atoms with Crippen LogP contribution in [0, 0.1) is 0 Å². The van der Waals surface area contributed by atoms with E-state index >= 15 is 0 Å². The molecule has 0 aliphatic carbocycles. The van der Waals surface area contributed by atoms with Crippen molar-refractivity contribution in [1.82, 2.24) is 4.90 Å². The first-order valence-corrected chi connectivity index (χ1v) is 9.72. The molecular formula is C19H13ClN2O5S2. The number of carbonyl (C=O) groups is 3. The second-order valence-electron chi connectivity index (χ2n) is 5.91. The summed E-state index contributed by atoms with van der Waals surface area (Å²) in [6, 6.07) is 10.6. The van der Waals surface area contributed by atoms with Gasteiger partial charge in [-0.3, -0.25) is 14.5 Å². The van der Waals surface area contributed by atoms with Crippen LogP contribution in [0.5, 0.6) is 5.75 Å². The van der Waals surface area contributed by atoms with Gasteiger partial charge in [-0.2, -0.15) is 0 Å². The third-order valence-corrected chi connectivity index (χ3v) is 5.45. The second kappa shape index (κ2) is 8.64. The van der Waals surface area contributed by atoms with Crippen LogP contribution in [0.1, 0.15) is 15.9 Å². The number of aromatic hydroxyl groups is 1. The molecule has 0 atom stereocenters. The molecule has 0 spiro atoms. The quantitative estimate of drug-likeness (QED) is 0.364. The molecule has 0 unspecified atom stereocenters. The highest BCUT2D eigenvalue weighted by Gasteiger charge is 2.33. The number of nitrogens with one attached hydrogen (secondary N) is 1. The molecule has 1 aliphatic heterocycles. The molecular weight excluding hydrogens is 436 g/mol. The van der Waals surface area contributed by atoms with Crippen molar-refractivity contribution < 1.29 is 24.6 Å². The van der Waals surface area contributed by atoms with Gasteiger partial charge < -0.3 is 15.5 Å². The van der Waals surface area contributed by atoms with E-state index < -0.39 is 23.5 Å². The van der Waals surface area contributed by atoms with Crippen molar-refractivity contribution in [1.29, 1.82) is 0 Å². The number of phenols is 1. The van der Waals surface area contributed by atoms with Crippen molar-refractivity contribution in [2.24, 2.45) is 0 Å². The Bertz CT molecular complexity index is 1070. The van der Waals surface area contributed by atoms with Crippen molar-refractivity contribution in [2.45, 2.75) is 0 Å². The summed E-state index contributed by atoms with van der Waals surface area (Å²) in [5.74, 6) is -2.72. The maximum Gasteiger partial charge on any atom is 0.339 e. The number of benzene rings is 2. The Kier molecular flexibility index (Phi) is 6.21.